The SMILES string of the molecule is Cc1ccc(OCC(=O)Nc2ccc(C(=O)NC3CC3)cc2)cc1C. The highest BCUT2D eigenvalue weighted by Gasteiger charge is 2.23. The van der Waals surface area contributed by atoms with Gasteiger partial charge in [-0.3, -0.25) is 9.59 Å². The van der Waals surface area contributed by atoms with Gasteiger partial charge >= 0.3 is 0 Å². The zero-order valence-electron chi connectivity index (χ0n) is 14.5. The lowest BCUT2D eigenvalue weighted by atomic mass is 10.1. The molecule has 2 N–H and O–H groups in total. The van der Waals surface area contributed by atoms with Gasteiger partial charge in [0.05, 0.1) is 0 Å². The van der Waals surface area contributed by atoms with Crippen LogP contribution in [0, 0.1) is 13.8 Å². The van der Waals surface area contributed by atoms with Crippen LogP contribution in [0.1, 0.15) is 34.3 Å². The van der Waals surface area contributed by atoms with Crippen molar-refractivity contribution < 1.29 is 14.3 Å². The van der Waals surface area contributed by atoms with E-state index in [4.69, 9.17) is 4.74 Å². The van der Waals surface area contributed by atoms with Crippen LogP contribution in [0.3, 0.4) is 0 Å². The molecule has 130 valence electrons. The second-order valence-corrected chi connectivity index (χ2v) is 6.41. The maximum atomic E-state index is 12.0. The number of nitrogens with one attached hydrogen (secondary N) is 2. The number of hydrogen-bond acceptors (Lipinski definition) is 3. The third kappa shape index (κ3) is 4.83. The third-order valence-corrected chi connectivity index (χ3v) is 4.19. The van der Waals surface area contributed by atoms with Crippen LogP contribution in [0.15, 0.2) is 42.5 Å². The van der Waals surface area contributed by atoms with E-state index in [0.29, 0.717) is 23.0 Å². The van der Waals surface area contributed by atoms with Gasteiger partial charge in [0, 0.05) is 17.3 Å². The largest absolute Gasteiger partial charge is 0.484 e. The lowest BCUT2D eigenvalue weighted by Gasteiger charge is -2.09. The van der Waals surface area contributed by atoms with E-state index in [9.17, 15) is 9.59 Å². The minimum absolute atomic E-state index is 0.0631. The molecule has 0 aromatic heterocycles. The topological polar surface area (TPSA) is 67.4 Å². The van der Waals surface area contributed by atoms with Gasteiger partial charge in [-0.1, -0.05) is 6.07 Å². The smallest absolute Gasteiger partial charge is 0.262 e. The van der Waals surface area contributed by atoms with Crippen molar-refractivity contribution in [1.29, 1.82) is 0 Å². The third-order valence-electron chi connectivity index (χ3n) is 4.19. The van der Waals surface area contributed by atoms with Gasteiger partial charge in [-0.05, 0) is 74.2 Å². The number of anilines is 1. The molecule has 5 nitrogen and oxygen atoms in total. The van der Waals surface area contributed by atoms with E-state index < -0.39 is 0 Å². The maximum absolute atomic E-state index is 12.0. The maximum Gasteiger partial charge on any atom is 0.262 e. The van der Waals surface area contributed by atoms with Crippen molar-refractivity contribution in [2.45, 2.75) is 32.7 Å². The molecule has 2 aromatic carbocycles. The molecule has 0 atom stereocenters. The lowest BCUT2D eigenvalue weighted by molar-refractivity contribution is -0.118. The van der Waals surface area contributed by atoms with Crippen LogP contribution >= 0.6 is 0 Å². The predicted octanol–water partition coefficient (Wildman–Crippen LogP) is 3.21. The number of carbonyl (C=O) groups excluding carboxylic acids is 2. The molecular weight excluding hydrogens is 316 g/mol. The van der Waals surface area contributed by atoms with Gasteiger partial charge in [0.1, 0.15) is 5.75 Å². The van der Waals surface area contributed by atoms with Gasteiger partial charge in [0.2, 0.25) is 0 Å². The quantitative estimate of drug-likeness (QED) is 0.850. The van der Waals surface area contributed by atoms with Crippen LogP contribution in [0.2, 0.25) is 0 Å². The number of ether oxygens (including phenoxy) is 1. The van der Waals surface area contributed by atoms with Gasteiger partial charge in [0.15, 0.2) is 6.61 Å². The van der Waals surface area contributed by atoms with Crippen molar-refractivity contribution in [3.63, 3.8) is 0 Å². The monoisotopic (exact) mass is 338 g/mol. The summed E-state index contributed by atoms with van der Waals surface area (Å²) in [5.41, 5.74) is 3.54. The number of hydrogen-bond donors (Lipinski definition) is 2. The standard InChI is InChI=1S/C20H22N2O3/c1-13-3-10-18(11-14(13)2)25-12-19(23)21-16-6-4-15(5-7-16)20(24)22-17-8-9-17/h3-7,10-11,17H,8-9,12H2,1-2H3,(H,21,23)(H,22,24). The molecule has 3 rings (SSSR count). The molecule has 2 aromatic rings. The molecule has 1 aliphatic carbocycles. The minimum atomic E-state index is -0.242. The first-order valence-electron chi connectivity index (χ1n) is 8.42. The second kappa shape index (κ2) is 7.38. The van der Waals surface area contributed by atoms with Crippen molar-refractivity contribution in [2.75, 3.05) is 11.9 Å². The molecule has 2 amide bonds. The summed E-state index contributed by atoms with van der Waals surface area (Å²) in [7, 11) is 0. The summed E-state index contributed by atoms with van der Waals surface area (Å²) in [6.07, 6.45) is 2.11. The molecular formula is C20H22N2O3. The van der Waals surface area contributed by atoms with Gasteiger partial charge in [0.25, 0.3) is 11.8 Å². The van der Waals surface area contributed by atoms with Gasteiger partial charge in [-0.25, -0.2) is 0 Å². The Balaban J connectivity index is 1.50. The molecule has 1 saturated carbocycles. The van der Waals surface area contributed by atoms with Crippen molar-refractivity contribution in [3.05, 3.63) is 59.2 Å². The van der Waals surface area contributed by atoms with Crippen molar-refractivity contribution in [1.82, 2.24) is 5.32 Å². The summed E-state index contributed by atoms with van der Waals surface area (Å²) in [6, 6.07) is 12.9. The van der Waals surface area contributed by atoms with E-state index in [1.54, 1.807) is 24.3 Å². The van der Waals surface area contributed by atoms with Gasteiger partial charge in [-0.15, -0.1) is 0 Å². The Kier molecular flexibility index (Phi) is 5.03. The molecule has 0 unspecified atom stereocenters. The Labute approximate surface area is 147 Å². The molecule has 0 saturated heterocycles. The first kappa shape index (κ1) is 17.0. The highest BCUT2D eigenvalue weighted by atomic mass is 16.5. The van der Waals surface area contributed by atoms with Gasteiger partial charge < -0.3 is 15.4 Å². The van der Waals surface area contributed by atoms with E-state index >= 15 is 0 Å². The second-order valence-electron chi connectivity index (χ2n) is 6.41. The van der Waals surface area contributed by atoms with E-state index in [2.05, 4.69) is 10.6 Å². The average molecular weight is 338 g/mol. The normalized spacial score (nSPS) is 13.2. The van der Waals surface area contributed by atoms with Crippen LogP contribution in [0.4, 0.5) is 5.69 Å². The van der Waals surface area contributed by atoms with Crippen LogP contribution in [0.25, 0.3) is 0 Å². The first-order valence-corrected chi connectivity index (χ1v) is 8.42. The molecule has 0 spiro atoms. The molecule has 0 bridgehead atoms. The average Bonchev–Trinajstić information content (AvgIpc) is 3.40. The van der Waals surface area contributed by atoms with E-state index in [1.165, 1.54) is 5.56 Å². The summed E-state index contributed by atoms with van der Waals surface area (Å²) in [5, 5.41) is 5.69. The zero-order chi connectivity index (χ0) is 17.8. The number of aryl methyl sites for hydroxylation is 2. The molecule has 0 heterocycles. The minimum Gasteiger partial charge on any atom is -0.484 e. The van der Waals surface area contributed by atoms with Crippen LogP contribution < -0.4 is 15.4 Å². The van der Waals surface area contributed by atoms with Crippen molar-refractivity contribution in [3.8, 4) is 5.75 Å². The summed E-state index contributed by atoms with van der Waals surface area (Å²) < 4.78 is 5.51. The molecule has 5 heteroatoms. The summed E-state index contributed by atoms with van der Waals surface area (Å²) >= 11 is 0. The fourth-order valence-electron chi connectivity index (χ4n) is 2.35. The summed E-state index contributed by atoms with van der Waals surface area (Å²) in [5.74, 6) is 0.359. The van der Waals surface area contributed by atoms with E-state index in [1.807, 2.05) is 32.0 Å². The van der Waals surface area contributed by atoms with Crippen LogP contribution in [0.5, 0.6) is 5.75 Å². The highest BCUT2D eigenvalue weighted by Crippen LogP contribution is 2.20. The van der Waals surface area contributed by atoms with E-state index in [-0.39, 0.29) is 18.4 Å². The Morgan fingerprint density at radius 2 is 1.76 bits per heavy atom. The lowest BCUT2D eigenvalue weighted by Crippen LogP contribution is -2.25. The zero-order valence-corrected chi connectivity index (χ0v) is 14.5. The Morgan fingerprint density at radius 3 is 2.40 bits per heavy atom. The molecule has 0 aliphatic heterocycles. The van der Waals surface area contributed by atoms with Gasteiger partial charge in [-0.2, -0.15) is 0 Å². The van der Waals surface area contributed by atoms with E-state index in [0.717, 1.165) is 18.4 Å². The number of rotatable bonds is 6. The van der Waals surface area contributed by atoms with Crippen molar-refractivity contribution >= 4 is 17.5 Å². The Bertz CT molecular complexity index is 780. The highest BCUT2D eigenvalue weighted by molar-refractivity contribution is 5.96. The van der Waals surface area contributed by atoms with Crippen LogP contribution in [-0.2, 0) is 4.79 Å². The Hall–Kier alpha value is -2.82. The van der Waals surface area contributed by atoms with Crippen molar-refractivity contribution in [2.24, 2.45) is 0 Å². The fraction of sp³-hybridized carbons (Fsp3) is 0.300. The number of benzene rings is 2. The summed E-state index contributed by atoms with van der Waals surface area (Å²) in [6.45, 7) is 3.97. The fourth-order valence-corrected chi connectivity index (χ4v) is 2.35. The predicted molar refractivity (Wildman–Crippen MR) is 97.0 cm³/mol. The summed E-state index contributed by atoms with van der Waals surface area (Å²) in [4.78, 5) is 23.9. The number of carbonyl (C=O) groups is 2. The number of amides is 2. The molecule has 0 radical (unpaired) electrons. The molecule has 1 aliphatic rings. The first-order chi connectivity index (χ1) is 12.0. The molecule has 25 heavy (non-hydrogen) atoms. The Morgan fingerprint density at radius 1 is 1.04 bits per heavy atom. The molecule has 1 fully saturated rings. The van der Waals surface area contributed by atoms with Crippen LogP contribution in [-0.4, -0.2) is 24.5 Å².